The second-order valence-corrected chi connectivity index (χ2v) is 4.77. The molecule has 0 saturated carbocycles. The van der Waals surface area contributed by atoms with Crippen molar-refractivity contribution < 1.29 is 4.74 Å². The van der Waals surface area contributed by atoms with Crippen LogP contribution in [0.3, 0.4) is 0 Å². The van der Waals surface area contributed by atoms with E-state index in [9.17, 15) is 0 Å². The van der Waals surface area contributed by atoms with E-state index in [4.69, 9.17) is 4.74 Å². The van der Waals surface area contributed by atoms with Crippen LogP contribution in [0.2, 0.25) is 0 Å². The van der Waals surface area contributed by atoms with Gasteiger partial charge in [0.2, 0.25) is 0 Å². The molecule has 0 amide bonds. The molecule has 2 rings (SSSR count). The molecule has 104 valence electrons. The van der Waals surface area contributed by atoms with Crippen LogP contribution in [0.4, 0.5) is 0 Å². The SMILES string of the molecule is CCCNC(CCCOC)c1cnn2ccccc12. The summed E-state index contributed by atoms with van der Waals surface area (Å²) in [6.07, 6.45) is 7.24. The second-order valence-electron chi connectivity index (χ2n) is 4.77. The molecule has 0 aliphatic rings. The number of nitrogens with one attached hydrogen (secondary N) is 1. The van der Waals surface area contributed by atoms with Crippen LogP contribution in [0.15, 0.2) is 30.6 Å². The van der Waals surface area contributed by atoms with Crippen molar-refractivity contribution >= 4 is 5.52 Å². The van der Waals surface area contributed by atoms with Crippen LogP contribution in [0, 0.1) is 0 Å². The van der Waals surface area contributed by atoms with Gasteiger partial charge in [-0.3, -0.25) is 0 Å². The molecule has 4 heteroatoms. The number of aromatic nitrogens is 2. The van der Waals surface area contributed by atoms with E-state index in [0.717, 1.165) is 32.4 Å². The van der Waals surface area contributed by atoms with Gasteiger partial charge in [-0.15, -0.1) is 0 Å². The van der Waals surface area contributed by atoms with Crippen molar-refractivity contribution in [3.05, 3.63) is 36.2 Å². The number of hydrogen-bond donors (Lipinski definition) is 1. The number of nitrogens with zero attached hydrogens (tertiary/aromatic N) is 2. The van der Waals surface area contributed by atoms with Crippen LogP contribution >= 0.6 is 0 Å². The van der Waals surface area contributed by atoms with Crippen LogP contribution < -0.4 is 5.32 Å². The summed E-state index contributed by atoms with van der Waals surface area (Å²) in [5, 5.41) is 8.04. The van der Waals surface area contributed by atoms with Crippen LogP contribution in [0.25, 0.3) is 5.52 Å². The van der Waals surface area contributed by atoms with E-state index in [1.165, 1.54) is 11.1 Å². The smallest absolute Gasteiger partial charge is 0.0709 e. The van der Waals surface area contributed by atoms with Gasteiger partial charge in [0.25, 0.3) is 0 Å². The Balaban J connectivity index is 2.15. The van der Waals surface area contributed by atoms with Crippen molar-refractivity contribution in [1.29, 1.82) is 0 Å². The first-order valence-electron chi connectivity index (χ1n) is 7.01. The predicted molar refractivity (Wildman–Crippen MR) is 77.3 cm³/mol. The van der Waals surface area contributed by atoms with Crippen molar-refractivity contribution in [3.8, 4) is 0 Å². The minimum Gasteiger partial charge on any atom is -0.385 e. The molecule has 0 spiro atoms. The Morgan fingerprint density at radius 2 is 2.32 bits per heavy atom. The lowest BCUT2D eigenvalue weighted by molar-refractivity contribution is 0.189. The quantitative estimate of drug-likeness (QED) is 0.743. The summed E-state index contributed by atoms with van der Waals surface area (Å²) in [5.74, 6) is 0. The Bertz CT molecular complexity index is 495. The highest BCUT2D eigenvalue weighted by Gasteiger charge is 2.15. The Hall–Kier alpha value is -1.39. The maximum atomic E-state index is 5.15. The normalized spacial score (nSPS) is 12.9. The minimum atomic E-state index is 0.356. The Morgan fingerprint density at radius 3 is 3.11 bits per heavy atom. The van der Waals surface area contributed by atoms with Crippen LogP contribution in [-0.4, -0.2) is 29.9 Å². The predicted octanol–water partition coefficient (Wildman–Crippen LogP) is 2.80. The molecule has 0 saturated heterocycles. The number of ether oxygens (including phenoxy) is 1. The number of rotatable bonds is 8. The monoisotopic (exact) mass is 261 g/mol. The molecule has 0 fully saturated rings. The van der Waals surface area contributed by atoms with Gasteiger partial charge in [0.05, 0.1) is 11.7 Å². The molecule has 4 nitrogen and oxygen atoms in total. The lowest BCUT2D eigenvalue weighted by atomic mass is 10.0. The summed E-state index contributed by atoms with van der Waals surface area (Å²) in [6.45, 7) is 4.03. The zero-order valence-electron chi connectivity index (χ0n) is 11.8. The maximum absolute atomic E-state index is 5.15. The van der Waals surface area contributed by atoms with Crippen molar-refractivity contribution in [2.75, 3.05) is 20.3 Å². The summed E-state index contributed by atoms with van der Waals surface area (Å²) in [6, 6.07) is 6.55. The largest absolute Gasteiger partial charge is 0.385 e. The molecule has 2 heterocycles. The molecule has 0 aliphatic heterocycles. The lowest BCUT2D eigenvalue weighted by Gasteiger charge is -2.17. The van der Waals surface area contributed by atoms with Crippen molar-refractivity contribution in [1.82, 2.24) is 14.9 Å². The topological polar surface area (TPSA) is 38.6 Å². The van der Waals surface area contributed by atoms with E-state index in [2.05, 4.69) is 29.5 Å². The summed E-state index contributed by atoms with van der Waals surface area (Å²) in [4.78, 5) is 0. The molecule has 0 aliphatic carbocycles. The van der Waals surface area contributed by atoms with E-state index in [1.807, 2.05) is 23.0 Å². The van der Waals surface area contributed by atoms with E-state index in [1.54, 1.807) is 7.11 Å². The van der Waals surface area contributed by atoms with Gasteiger partial charge in [-0.25, -0.2) is 4.52 Å². The summed E-state index contributed by atoms with van der Waals surface area (Å²) in [5.41, 5.74) is 2.47. The van der Waals surface area contributed by atoms with Crippen LogP contribution in [0.1, 0.15) is 37.8 Å². The van der Waals surface area contributed by atoms with E-state index in [0.29, 0.717) is 6.04 Å². The summed E-state index contributed by atoms with van der Waals surface area (Å²) < 4.78 is 7.09. The first kappa shape index (κ1) is 14.0. The molecule has 1 atom stereocenters. The third-order valence-corrected chi connectivity index (χ3v) is 3.31. The first-order chi connectivity index (χ1) is 9.36. The van der Waals surface area contributed by atoms with E-state index < -0.39 is 0 Å². The van der Waals surface area contributed by atoms with Gasteiger partial charge in [0.1, 0.15) is 0 Å². The highest BCUT2D eigenvalue weighted by Crippen LogP contribution is 2.23. The summed E-state index contributed by atoms with van der Waals surface area (Å²) in [7, 11) is 1.75. The third kappa shape index (κ3) is 3.55. The molecule has 2 aromatic rings. The van der Waals surface area contributed by atoms with Gasteiger partial charge in [0.15, 0.2) is 0 Å². The van der Waals surface area contributed by atoms with Gasteiger partial charge in [0, 0.05) is 31.5 Å². The van der Waals surface area contributed by atoms with Gasteiger partial charge in [-0.2, -0.15) is 5.10 Å². The molecule has 0 radical (unpaired) electrons. The standard InChI is InChI=1S/C15H23N3O/c1-3-9-16-14(7-6-11-19-2)13-12-17-18-10-5-4-8-15(13)18/h4-5,8,10,12,14,16H,3,6-7,9,11H2,1-2H3. The Kier molecular flexibility index (Phi) is 5.36. The summed E-state index contributed by atoms with van der Waals surface area (Å²) >= 11 is 0. The third-order valence-electron chi connectivity index (χ3n) is 3.31. The number of pyridine rings is 1. The second kappa shape index (κ2) is 7.26. The number of fused-ring (bicyclic) bond motifs is 1. The number of methoxy groups -OCH3 is 1. The molecule has 1 N–H and O–H groups in total. The van der Waals surface area contributed by atoms with E-state index in [-0.39, 0.29) is 0 Å². The fourth-order valence-electron chi connectivity index (χ4n) is 2.34. The average molecular weight is 261 g/mol. The van der Waals surface area contributed by atoms with Crippen molar-refractivity contribution in [3.63, 3.8) is 0 Å². The zero-order valence-corrected chi connectivity index (χ0v) is 11.8. The number of hydrogen-bond acceptors (Lipinski definition) is 3. The fourth-order valence-corrected chi connectivity index (χ4v) is 2.34. The van der Waals surface area contributed by atoms with Crippen LogP contribution in [0.5, 0.6) is 0 Å². The van der Waals surface area contributed by atoms with E-state index >= 15 is 0 Å². The average Bonchev–Trinajstić information content (AvgIpc) is 2.87. The van der Waals surface area contributed by atoms with Gasteiger partial charge >= 0.3 is 0 Å². The van der Waals surface area contributed by atoms with Crippen molar-refractivity contribution in [2.24, 2.45) is 0 Å². The highest BCUT2D eigenvalue weighted by molar-refractivity contribution is 5.54. The van der Waals surface area contributed by atoms with Gasteiger partial charge < -0.3 is 10.1 Å². The highest BCUT2D eigenvalue weighted by atomic mass is 16.5. The minimum absolute atomic E-state index is 0.356. The van der Waals surface area contributed by atoms with Crippen molar-refractivity contribution in [2.45, 2.75) is 32.2 Å². The molecule has 2 aromatic heterocycles. The Morgan fingerprint density at radius 1 is 1.42 bits per heavy atom. The van der Waals surface area contributed by atoms with Gasteiger partial charge in [-0.05, 0) is 37.9 Å². The molecular weight excluding hydrogens is 238 g/mol. The molecular formula is C15H23N3O. The zero-order chi connectivity index (χ0) is 13.5. The molecule has 0 bridgehead atoms. The van der Waals surface area contributed by atoms with Crippen LogP contribution in [-0.2, 0) is 4.74 Å². The maximum Gasteiger partial charge on any atom is 0.0709 e. The molecule has 1 unspecified atom stereocenters. The first-order valence-corrected chi connectivity index (χ1v) is 7.01. The fraction of sp³-hybridized carbons (Fsp3) is 0.533. The lowest BCUT2D eigenvalue weighted by Crippen LogP contribution is -2.22. The molecule has 19 heavy (non-hydrogen) atoms. The molecule has 0 aromatic carbocycles. The Labute approximate surface area is 114 Å². The van der Waals surface area contributed by atoms with Gasteiger partial charge in [-0.1, -0.05) is 13.0 Å².